The predicted octanol–water partition coefficient (Wildman–Crippen LogP) is 1.77. The number of thiazole rings is 1. The number of nitrogens with one attached hydrogen (secondary N) is 1. The van der Waals surface area contributed by atoms with Crippen molar-refractivity contribution >= 4 is 11.3 Å². The van der Waals surface area contributed by atoms with Gasteiger partial charge in [-0.1, -0.05) is 13.8 Å². The Kier molecular flexibility index (Phi) is 6.23. The first-order valence-electron chi connectivity index (χ1n) is 7.29. The standard InChI is InChI=1S/C14H25N3OS/c1-3-6-17-7-8-18-13(11-17)12(15-4-2)10-14-16-5-9-19-14/h5,9,12-13,15H,3-4,6-8,10-11H2,1-2H3. The third-order valence-corrected chi connectivity index (χ3v) is 4.31. The van der Waals surface area contributed by atoms with Gasteiger partial charge in [0.25, 0.3) is 0 Å². The van der Waals surface area contributed by atoms with Crippen molar-refractivity contribution in [1.82, 2.24) is 15.2 Å². The van der Waals surface area contributed by atoms with E-state index in [1.165, 1.54) is 18.0 Å². The first-order valence-corrected chi connectivity index (χ1v) is 8.17. The fraction of sp³-hybridized carbons (Fsp3) is 0.786. The van der Waals surface area contributed by atoms with Crippen molar-refractivity contribution in [3.8, 4) is 0 Å². The fourth-order valence-corrected chi connectivity index (χ4v) is 3.31. The summed E-state index contributed by atoms with van der Waals surface area (Å²) in [6.07, 6.45) is 4.35. The Balaban J connectivity index is 1.93. The number of hydrogen-bond acceptors (Lipinski definition) is 5. The van der Waals surface area contributed by atoms with Crippen LogP contribution in [0.5, 0.6) is 0 Å². The van der Waals surface area contributed by atoms with Crippen LogP contribution in [0.2, 0.25) is 0 Å². The lowest BCUT2D eigenvalue weighted by atomic mass is 10.1. The maximum atomic E-state index is 5.99. The van der Waals surface area contributed by atoms with Crippen molar-refractivity contribution in [3.63, 3.8) is 0 Å². The predicted molar refractivity (Wildman–Crippen MR) is 79.8 cm³/mol. The minimum Gasteiger partial charge on any atom is -0.374 e. The van der Waals surface area contributed by atoms with Crippen molar-refractivity contribution in [2.45, 2.75) is 38.8 Å². The lowest BCUT2D eigenvalue weighted by Crippen LogP contribution is -2.53. The molecule has 0 amide bonds. The number of aromatic nitrogens is 1. The van der Waals surface area contributed by atoms with E-state index in [9.17, 15) is 0 Å². The van der Waals surface area contributed by atoms with Crippen LogP contribution in [0, 0.1) is 0 Å². The van der Waals surface area contributed by atoms with E-state index >= 15 is 0 Å². The molecule has 5 heteroatoms. The number of morpholine rings is 1. The highest BCUT2D eigenvalue weighted by Crippen LogP contribution is 2.15. The van der Waals surface area contributed by atoms with E-state index in [1.54, 1.807) is 11.3 Å². The average molecular weight is 283 g/mol. The molecule has 0 spiro atoms. The van der Waals surface area contributed by atoms with E-state index in [-0.39, 0.29) is 6.10 Å². The van der Waals surface area contributed by atoms with Gasteiger partial charge in [0.2, 0.25) is 0 Å². The quantitative estimate of drug-likeness (QED) is 0.827. The molecule has 0 aromatic carbocycles. The van der Waals surface area contributed by atoms with Crippen molar-refractivity contribution in [2.75, 3.05) is 32.8 Å². The zero-order valence-electron chi connectivity index (χ0n) is 12.0. The molecule has 19 heavy (non-hydrogen) atoms. The van der Waals surface area contributed by atoms with Gasteiger partial charge in [-0.15, -0.1) is 11.3 Å². The SMILES string of the molecule is CCCN1CCOC(C(Cc2nccs2)NCC)C1. The van der Waals surface area contributed by atoms with Crippen molar-refractivity contribution < 1.29 is 4.74 Å². The van der Waals surface area contributed by atoms with E-state index in [4.69, 9.17) is 4.74 Å². The number of likely N-dealkylation sites (N-methyl/N-ethyl adjacent to an activating group) is 1. The molecule has 1 aromatic rings. The van der Waals surface area contributed by atoms with Gasteiger partial charge in [-0.2, -0.15) is 0 Å². The first kappa shape index (κ1) is 14.9. The Hall–Kier alpha value is -0.490. The normalized spacial score (nSPS) is 22.5. The molecule has 108 valence electrons. The van der Waals surface area contributed by atoms with Gasteiger partial charge in [-0.3, -0.25) is 4.90 Å². The molecule has 1 N–H and O–H groups in total. The smallest absolute Gasteiger partial charge is 0.0941 e. The van der Waals surface area contributed by atoms with Crippen LogP contribution >= 0.6 is 11.3 Å². The third-order valence-electron chi connectivity index (χ3n) is 3.51. The molecule has 1 aliphatic rings. The molecular formula is C14H25N3OS. The first-order chi connectivity index (χ1) is 9.33. The van der Waals surface area contributed by atoms with Crippen LogP contribution in [-0.4, -0.2) is 54.8 Å². The molecule has 1 saturated heterocycles. The Morgan fingerprint density at radius 3 is 3.16 bits per heavy atom. The van der Waals surface area contributed by atoms with Crippen LogP contribution in [0.3, 0.4) is 0 Å². The van der Waals surface area contributed by atoms with Crippen LogP contribution in [0.25, 0.3) is 0 Å². The van der Waals surface area contributed by atoms with Gasteiger partial charge in [0, 0.05) is 37.1 Å². The highest BCUT2D eigenvalue weighted by atomic mass is 32.1. The molecule has 2 atom stereocenters. The summed E-state index contributed by atoms with van der Waals surface area (Å²) in [5.41, 5.74) is 0. The number of hydrogen-bond donors (Lipinski definition) is 1. The minimum atomic E-state index is 0.282. The highest BCUT2D eigenvalue weighted by Gasteiger charge is 2.27. The van der Waals surface area contributed by atoms with Crippen molar-refractivity contribution in [2.24, 2.45) is 0 Å². The molecule has 4 nitrogen and oxygen atoms in total. The molecule has 2 unspecified atom stereocenters. The minimum absolute atomic E-state index is 0.282. The maximum absolute atomic E-state index is 5.99. The van der Waals surface area contributed by atoms with Gasteiger partial charge in [-0.25, -0.2) is 4.98 Å². The molecule has 2 heterocycles. The van der Waals surface area contributed by atoms with Crippen LogP contribution < -0.4 is 5.32 Å². The summed E-state index contributed by atoms with van der Waals surface area (Å²) >= 11 is 1.73. The molecule has 0 bridgehead atoms. The highest BCUT2D eigenvalue weighted by molar-refractivity contribution is 7.09. The topological polar surface area (TPSA) is 37.4 Å². The summed E-state index contributed by atoms with van der Waals surface area (Å²) < 4.78 is 5.99. The maximum Gasteiger partial charge on any atom is 0.0941 e. The summed E-state index contributed by atoms with van der Waals surface area (Å²) in [4.78, 5) is 6.91. The Morgan fingerprint density at radius 1 is 1.58 bits per heavy atom. The van der Waals surface area contributed by atoms with Gasteiger partial charge >= 0.3 is 0 Å². The van der Waals surface area contributed by atoms with Gasteiger partial charge in [0.15, 0.2) is 0 Å². The largest absolute Gasteiger partial charge is 0.374 e. The summed E-state index contributed by atoms with van der Waals surface area (Å²) in [6, 6.07) is 0.371. The van der Waals surface area contributed by atoms with Gasteiger partial charge in [-0.05, 0) is 19.5 Å². The Labute approximate surface area is 120 Å². The molecular weight excluding hydrogens is 258 g/mol. The van der Waals surface area contributed by atoms with E-state index < -0.39 is 0 Å². The molecule has 0 saturated carbocycles. The van der Waals surface area contributed by atoms with Crippen LogP contribution in [-0.2, 0) is 11.2 Å². The van der Waals surface area contributed by atoms with Gasteiger partial charge in [0.1, 0.15) is 0 Å². The number of nitrogens with zero attached hydrogens (tertiary/aromatic N) is 2. The van der Waals surface area contributed by atoms with Gasteiger partial charge in [0.05, 0.1) is 17.7 Å². The second-order valence-corrected chi connectivity index (χ2v) is 5.98. The van der Waals surface area contributed by atoms with Crippen LogP contribution in [0.4, 0.5) is 0 Å². The lowest BCUT2D eigenvalue weighted by Gasteiger charge is -2.37. The third kappa shape index (κ3) is 4.53. The van der Waals surface area contributed by atoms with Gasteiger partial charge < -0.3 is 10.1 Å². The second-order valence-electron chi connectivity index (χ2n) is 5.00. The monoisotopic (exact) mass is 283 g/mol. The zero-order chi connectivity index (χ0) is 13.5. The second kappa shape index (κ2) is 7.94. The summed E-state index contributed by atoms with van der Waals surface area (Å²) in [7, 11) is 0. The van der Waals surface area contributed by atoms with Crippen molar-refractivity contribution in [3.05, 3.63) is 16.6 Å². The van der Waals surface area contributed by atoms with Crippen molar-refractivity contribution in [1.29, 1.82) is 0 Å². The zero-order valence-corrected chi connectivity index (χ0v) is 12.8. The van der Waals surface area contributed by atoms with E-state index in [0.29, 0.717) is 6.04 Å². The summed E-state index contributed by atoms with van der Waals surface area (Å²) in [6.45, 7) is 9.50. The molecule has 1 aromatic heterocycles. The van der Waals surface area contributed by atoms with E-state index in [1.807, 2.05) is 11.6 Å². The molecule has 0 radical (unpaired) electrons. The summed E-state index contributed by atoms with van der Waals surface area (Å²) in [5.74, 6) is 0. The van der Waals surface area contributed by atoms with E-state index in [0.717, 1.165) is 32.7 Å². The Bertz CT molecular complexity index is 342. The summed E-state index contributed by atoms with van der Waals surface area (Å²) in [5, 5.41) is 6.81. The lowest BCUT2D eigenvalue weighted by molar-refractivity contribution is -0.0459. The number of ether oxygens (including phenoxy) is 1. The fourth-order valence-electron chi connectivity index (χ4n) is 2.63. The average Bonchev–Trinajstić information content (AvgIpc) is 2.92. The molecule has 2 rings (SSSR count). The Morgan fingerprint density at radius 2 is 2.47 bits per heavy atom. The molecule has 0 aliphatic carbocycles. The number of rotatable bonds is 7. The molecule has 1 aliphatic heterocycles. The van der Waals surface area contributed by atoms with Crippen LogP contribution in [0.15, 0.2) is 11.6 Å². The molecule has 1 fully saturated rings. The van der Waals surface area contributed by atoms with E-state index in [2.05, 4.69) is 29.0 Å². The van der Waals surface area contributed by atoms with Crippen LogP contribution in [0.1, 0.15) is 25.3 Å².